The second-order valence-corrected chi connectivity index (χ2v) is 6.83. The summed E-state index contributed by atoms with van der Waals surface area (Å²) in [5, 5.41) is 0. The maximum absolute atomic E-state index is 13.9. The van der Waals surface area contributed by atoms with Gasteiger partial charge in [0.25, 0.3) is 0 Å². The number of halogens is 1. The van der Waals surface area contributed by atoms with Gasteiger partial charge in [0.15, 0.2) is 0 Å². The van der Waals surface area contributed by atoms with Crippen LogP contribution in [0.25, 0.3) is 0 Å². The molecule has 5 nitrogen and oxygen atoms in total. The molecule has 1 aromatic carbocycles. The van der Waals surface area contributed by atoms with Gasteiger partial charge in [-0.3, -0.25) is 0 Å². The van der Waals surface area contributed by atoms with Crippen molar-refractivity contribution < 1.29 is 17.5 Å². The molecule has 112 valence electrons. The van der Waals surface area contributed by atoms with Gasteiger partial charge < -0.3 is 10.5 Å². The molecule has 1 saturated heterocycles. The molecule has 2 rings (SSSR count). The molecule has 1 aliphatic heterocycles. The number of nitrogen functional groups attached to an aromatic ring is 1. The maximum atomic E-state index is 13.9. The third-order valence-electron chi connectivity index (χ3n) is 3.43. The van der Waals surface area contributed by atoms with E-state index in [-0.39, 0.29) is 29.3 Å². The third-order valence-corrected chi connectivity index (χ3v) is 5.38. The summed E-state index contributed by atoms with van der Waals surface area (Å²) >= 11 is 0. The fourth-order valence-electron chi connectivity index (χ4n) is 2.28. The van der Waals surface area contributed by atoms with Crippen LogP contribution in [-0.2, 0) is 14.8 Å². The second-order valence-electron chi connectivity index (χ2n) is 4.97. The van der Waals surface area contributed by atoms with Crippen LogP contribution in [0.5, 0.6) is 0 Å². The normalized spacial score (nSPS) is 24.8. The van der Waals surface area contributed by atoms with E-state index in [1.807, 2.05) is 6.92 Å². The Morgan fingerprint density at radius 3 is 2.80 bits per heavy atom. The number of rotatable bonds is 3. The maximum Gasteiger partial charge on any atom is 0.246 e. The molecule has 1 fully saturated rings. The summed E-state index contributed by atoms with van der Waals surface area (Å²) in [6, 6.07) is 3.36. The number of benzene rings is 1. The number of nitrogens with zero attached hydrogens (tertiary/aromatic N) is 1. The SMILES string of the molecule is CCC1COC(C)CN1S(=O)(=O)c1ccc(N)cc1F. The van der Waals surface area contributed by atoms with Gasteiger partial charge in [0.2, 0.25) is 10.0 Å². The highest BCUT2D eigenvalue weighted by Crippen LogP contribution is 2.26. The van der Waals surface area contributed by atoms with Gasteiger partial charge in [0.05, 0.1) is 12.7 Å². The van der Waals surface area contributed by atoms with Crippen molar-refractivity contribution in [1.29, 1.82) is 0 Å². The molecule has 0 bridgehead atoms. The van der Waals surface area contributed by atoms with Gasteiger partial charge in [-0.15, -0.1) is 0 Å². The molecule has 2 N–H and O–H groups in total. The van der Waals surface area contributed by atoms with Crippen molar-refractivity contribution in [3.63, 3.8) is 0 Å². The Bertz CT molecular complexity index is 591. The quantitative estimate of drug-likeness (QED) is 0.861. The molecule has 0 spiro atoms. The lowest BCUT2D eigenvalue weighted by Crippen LogP contribution is -2.51. The molecule has 0 radical (unpaired) electrons. The van der Waals surface area contributed by atoms with Crippen LogP contribution in [-0.4, -0.2) is 38.0 Å². The van der Waals surface area contributed by atoms with Crippen molar-refractivity contribution in [2.45, 2.75) is 37.3 Å². The van der Waals surface area contributed by atoms with Gasteiger partial charge in [-0.25, -0.2) is 12.8 Å². The first-order chi connectivity index (χ1) is 9.36. The Labute approximate surface area is 118 Å². The van der Waals surface area contributed by atoms with E-state index in [9.17, 15) is 12.8 Å². The Balaban J connectivity index is 2.42. The van der Waals surface area contributed by atoms with Gasteiger partial charge in [0.1, 0.15) is 10.7 Å². The Hall–Kier alpha value is -1.18. The van der Waals surface area contributed by atoms with E-state index in [1.165, 1.54) is 16.4 Å². The van der Waals surface area contributed by atoms with Gasteiger partial charge in [-0.2, -0.15) is 4.31 Å². The first kappa shape index (κ1) is 15.2. The van der Waals surface area contributed by atoms with E-state index in [0.717, 1.165) is 6.07 Å². The number of nitrogens with two attached hydrogens (primary N) is 1. The van der Waals surface area contributed by atoms with Crippen molar-refractivity contribution >= 4 is 15.7 Å². The monoisotopic (exact) mass is 302 g/mol. The average molecular weight is 302 g/mol. The molecule has 2 atom stereocenters. The molecule has 0 aliphatic carbocycles. The lowest BCUT2D eigenvalue weighted by Gasteiger charge is -2.37. The number of sulfonamides is 1. The van der Waals surface area contributed by atoms with Gasteiger partial charge in [-0.1, -0.05) is 6.92 Å². The number of hydrogen-bond donors (Lipinski definition) is 1. The summed E-state index contributed by atoms with van der Waals surface area (Å²) in [5.74, 6) is -0.820. The van der Waals surface area contributed by atoms with Gasteiger partial charge in [-0.05, 0) is 31.5 Å². The van der Waals surface area contributed by atoms with Crippen molar-refractivity contribution in [3.05, 3.63) is 24.0 Å². The number of morpholine rings is 1. The van der Waals surface area contributed by atoms with Crippen LogP contribution in [0.15, 0.2) is 23.1 Å². The Kier molecular flexibility index (Phi) is 4.31. The second kappa shape index (κ2) is 5.67. The fraction of sp³-hybridized carbons (Fsp3) is 0.538. The first-order valence-corrected chi connectivity index (χ1v) is 7.98. The fourth-order valence-corrected chi connectivity index (χ4v) is 4.09. The predicted molar refractivity (Wildman–Crippen MR) is 74.2 cm³/mol. The van der Waals surface area contributed by atoms with E-state index in [2.05, 4.69) is 0 Å². The largest absolute Gasteiger partial charge is 0.399 e. The molecule has 1 aliphatic rings. The summed E-state index contributed by atoms with van der Waals surface area (Å²) in [7, 11) is -3.88. The van der Waals surface area contributed by atoms with Crippen molar-refractivity contribution in [2.24, 2.45) is 0 Å². The smallest absolute Gasteiger partial charge is 0.246 e. The summed E-state index contributed by atoms with van der Waals surface area (Å²) in [6.07, 6.45) is 0.409. The molecule has 0 aromatic heterocycles. The molecule has 2 unspecified atom stereocenters. The van der Waals surface area contributed by atoms with Crippen LogP contribution < -0.4 is 5.73 Å². The highest BCUT2D eigenvalue weighted by atomic mass is 32.2. The first-order valence-electron chi connectivity index (χ1n) is 6.54. The zero-order valence-electron chi connectivity index (χ0n) is 11.5. The topological polar surface area (TPSA) is 72.6 Å². The minimum Gasteiger partial charge on any atom is -0.399 e. The van der Waals surface area contributed by atoms with Crippen LogP contribution in [0.3, 0.4) is 0 Å². The molecular weight excluding hydrogens is 283 g/mol. The van der Waals surface area contributed by atoms with E-state index >= 15 is 0 Å². The standard InChI is InChI=1S/C13H19FN2O3S/c1-3-11-8-19-9(2)7-16(11)20(17,18)13-5-4-10(15)6-12(13)14/h4-6,9,11H,3,7-8,15H2,1-2H3. The van der Waals surface area contributed by atoms with Crippen LogP contribution >= 0.6 is 0 Å². The molecule has 1 aromatic rings. The van der Waals surface area contributed by atoms with Gasteiger partial charge in [0, 0.05) is 18.3 Å². The van der Waals surface area contributed by atoms with Crippen molar-refractivity contribution in [3.8, 4) is 0 Å². The molecule has 1 heterocycles. The summed E-state index contributed by atoms with van der Waals surface area (Å²) in [5.41, 5.74) is 5.65. The minimum atomic E-state index is -3.88. The average Bonchev–Trinajstić information content (AvgIpc) is 2.38. The molecule has 7 heteroatoms. The lowest BCUT2D eigenvalue weighted by molar-refractivity contribution is -0.0231. The van der Waals surface area contributed by atoms with Crippen LogP contribution in [0.4, 0.5) is 10.1 Å². The number of anilines is 1. The Morgan fingerprint density at radius 2 is 2.20 bits per heavy atom. The van der Waals surface area contributed by atoms with Crippen molar-refractivity contribution in [1.82, 2.24) is 4.31 Å². The highest BCUT2D eigenvalue weighted by molar-refractivity contribution is 7.89. The van der Waals surface area contributed by atoms with Gasteiger partial charge >= 0.3 is 0 Å². The number of hydrogen-bond acceptors (Lipinski definition) is 4. The zero-order valence-corrected chi connectivity index (χ0v) is 12.4. The number of ether oxygens (including phenoxy) is 1. The van der Waals surface area contributed by atoms with E-state index < -0.39 is 15.8 Å². The van der Waals surface area contributed by atoms with E-state index in [0.29, 0.717) is 13.0 Å². The molecular formula is C13H19FN2O3S. The van der Waals surface area contributed by atoms with E-state index in [4.69, 9.17) is 10.5 Å². The van der Waals surface area contributed by atoms with Crippen LogP contribution in [0.2, 0.25) is 0 Å². The summed E-state index contributed by atoms with van der Waals surface area (Å²) in [6.45, 7) is 4.23. The lowest BCUT2D eigenvalue weighted by atomic mass is 10.2. The third kappa shape index (κ3) is 2.79. The highest BCUT2D eigenvalue weighted by Gasteiger charge is 2.36. The van der Waals surface area contributed by atoms with Crippen LogP contribution in [0.1, 0.15) is 20.3 Å². The Morgan fingerprint density at radius 1 is 1.50 bits per heavy atom. The van der Waals surface area contributed by atoms with Crippen molar-refractivity contribution in [2.75, 3.05) is 18.9 Å². The summed E-state index contributed by atoms with van der Waals surface area (Å²) in [4.78, 5) is -0.334. The summed E-state index contributed by atoms with van der Waals surface area (Å²) < 4.78 is 46.0. The van der Waals surface area contributed by atoms with Crippen LogP contribution in [0, 0.1) is 5.82 Å². The molecule has 0 amide bonds. The minimum absolute atomic E-state index is 0.198. The van der Waals surface area contributed by atoms with E-state index in [1.54, 1.807) is 6.92 Å². The predicted octanol–water partition coefficient (Wildman–Crippen LogP) is 1.60. The zero-order chi connectivity index (χ0) is 14.9. The molecule has 20 heavy (non-hydrogen) atoms. The molecule has 0 saturated carbocycles.